The van der Waals surface area contributed by atoms with E-state index >= 15 is 0 Å². The molecule has 3 atom stereocenters. The van der Waals surface area contributed by atoms with Gasteiger partial charge in [-0.05, 0) is 13.8 Å². The predicted octanol–water partition coefficient (Wildman–Crippen LogP) is -2.01. The van der Waals surface area contributed by atoms with Crippen molar-refractivity contribution in [1.82, 2.24) is 24.8 Å². The smallest absolute Gasteiger partial charge is 0.350 e. The van der Waals surface area contributed by atoms with E-state index in [1.807, 2.05) is 0 Å². The van der Waals surface area contributed by atoms with Crippen molar-refractivity contribution >= 4 is 50.4 Å². The number of aliphatic carboxylic acids is 1. The zero-order valence-electron chi connectivity index (χ0n) is 17.8. The molecule has 1 aromatic rings. The fourth-order valence-electron chi connectivity index (χ4n) is 3.62. The van der Waals surface area contributed by atoms with Crippen molar-refractivity contribution in [1.29, 1.82) is 0 Å². The third-order valence-corrected chi connectivity index (χ3v) is 7.15. The number of nitrogens with two attached hydrogens (primary N) is 1. The summed E-state index contributed by atoms with van der Waals surface area (Å²) in [7, 11) is -4.71. The number of nitrogens with one attached hydrogen (secondary N) is 2. The number of rotatable bonds is 9. The van der Waals surface area contributed by atoms with Gasteiger partial charge in [-0.25, -0.2) is 14.6 Å². The van der Waals surface area contributed by atoms with E-state index in [1.54, 1.807) is 0 Å². The zero-order chi connectivity index (χ0) is 25.1. The van der Waals surface area contributed by atoms with Gasteiger partial charge in [0, 0.05) is 18.5 Å². The number of nitrogen functional groups attached to an aromatic ring is 1. The maximum Gasteiger partial charge on any atom is 0.350 e. The van der Waals surface area contributed by atoms with Crippen molar-refractivity contribution in [2.45, 2.75) is 37.4 Å². The first-order chi connectivity index (χ1) is 15.8. The van der Waals surface area contributed by atoms with E-state index in [9.17, 15) is 32.5 Å². The number of urea groups is 1. The molecule has 4 aliphatic rings. The maximum atomic E-state index is 13.1. The molecule has 0 aliphatic carbocycles. The van der Waals surface area contributed by atoms with Crippen LogP contribution in [0.4, 0.5) is 9.93 Å². The normalized spacial score (nSPS) is 27.0. The molecule has 1 aromatic heterocycles. The molecule has 186 valence electrons. The van der Waals surface area contributed by atoms with Gasteiger partial charge in [-0.3, -0.25) is 9.35 Å². The highest BCUT2D eigenvalue weighted by atomic mass is 32.2. The largest absolute Gasteiger partial charge is 0.478 e. The summed E-state index contributed by atoms with van der Waals surface area (Å²) in [5.41, 5.74) is 1.70. The standard InChI is InChI=1S/C16H21N7O9S2/c1-15(2,12(25)26)32-21-8(7-5-33-13(17)19-7)10(24)20-9-11-23(34(28,29)30)16(9,31-11)6-22-4-3-18-14(22)27/h5,9,11H,3-4,6H2,1-2H3,(H2,17,19)(H,18,27)(H,20,24)(H,25,26)(H,28,29,30)/b21-8-/t9-,11?,16?/m0/s1. The number of ether oxygens (including phenoxy) is 1. The fraction of sp³-hybridized carbons (Fsp3) is 0.562. The van der Waals surface area contributed by atoms with Crippen molar-refractivity contribution < 1.29 is 42.0 Å². The van der Waals surface area contributed by atoms with Crippen molar-refractivity contribution in [3.05, 3.63) is 11.1 Å². The molecule has 4 fully saturated rings. The van der Waals surface area contributed by atoms with Crippen LogP contribution >= 0.6 is 11.3 Å². The van der Waals surface area contributed by atoms with Crippen LogP contribution in [0.25, 0.3) is 0 Å². The monoisotopic (exact) mass is 519 g/mol. The van der Waals surface area contributed by atoms with Crippen LogP contribution in [0.2, 0.25) is 0 Å². The molecule has 2 unspecified atom stereocenters. The molecular weight excluding hydrogens is 498 g/mol. The first kappa shape index (κ1) is 24.1. The van der Waals surface area contributed by atoms with Crippen LogP contribution < -0.4 is 16.4 Å². The Hall–Kier alpha value is -3.06. The number of anilines is 1. The van der Waals surface area contributed by atoms with Gasteiger partial charge in [-0.15, -0.1) is 15.6 Å². The van der Waals surface area contributed by atoms with E-state index in [1.165, 1.54) is 24.1 Å². The number of aromatic nitrogens is 1. The third-order valence-electron chi connectivity index (χ3n) is 5.46. The van der Waals surface area contributed by atoms with E-state index in [2.05, 4.69) is 20.8 Å². The lowest BCUT2D eigenvalue weighted by Gasteiger charge is -2.71. The Morgan fingerprint density at radius 2 is 2.24 bits per heavy atom. The number of carbonyl (C=O) groups is 3. The molecule has 2 bridgehead atoms. The molecule has 0 saturated carbocycles. The van der Waals surface area contributed by atoms with Crippen LogP contribution in [0, 0.1) is 0 Å². The molecule has 0 aromatic carbocycles. The highest BCUT2D eigenvalue weighted by Gasteiger charge is 2.79. The van der Waals surface area contributed by atoms with E-state index < -0.39 is 57.5 Å². The van der Waals surface area contributed by atoms with E-state index in [0.29, 0.717) is 10.8 Å². The maximum absolute atomic E-state index is 13.1. The number of carbonyl (C=O) groups excluding carboxylic acids is 2. The van der Waals surface area contributed by atoms with Crippen LogP contribution in [-0.4, -0.2) is 99.1 Å². The highest BCUT2D eigenvalue weighted by molar-refractivity contribution is 7.83. The van der Waals surface area contributed by atoms with Crippen molar-refractivity contribution in [3.8, 4) is 0 Å². The van der Waals surface area contributed by atoms with Crippen LogP contribution in [-0.2, 0) is 29.5 Å². The molecule has 0 radical (unpaired) electrons. The van der Waals surface area contributed by atoms with Gasteiger partial charge in [-0.2, -0.15) is 8.42 Å². The average molecular weight is 520 g/mol. The summed E-state index contributed by atoms with van der Waals surface area (Å²) in [5.74, 6) is -2.23. The molecule has 34 heavy (non-hydrogen) atoms. The van der Waals surface area contributed by atoms with Crippen molar-refractivity contribution in [2.75, 3.05) is 25.4 Å². The van der Waals surface area contributed by atoms with Gasteiger partial charge >= 0.3 is 22.3 Å². The molecule has 4 aliphatic heterocycles. The number of hydrogen-bond donors (Lipinski definition) is 5. The zero-order valence-corrected chi connectivity index (χ0v) is 19.4. The molecule has 0 spiro atoms. The van der Waals surface area contributed by atoms with Gasteiger partial charge in [0.05, 0.1) is 6.54 Å². The molecule has 5 heterocycles. The Balaban J connectivity index is 1.58. The molecule has 5 rings (SSSR count). The Morgan fingerprint density at radius 1 is 1.53 bits per heavy atom. The quantitative estimate of drug-likeness (QED) is 0.136. The van der Waals surface area contributed by atoms with Crippen LogP contribution in [0.15, 0.2) is 10.5 Å². The number of hydrogen-bond acceptors (Lipinski definition) is 11. The topological polar surface area (TPSA) is 226 Å². The van der Waals surface area contributed by atoms with Gasteiger partial charge in [0.15, 0.2) is 22.8 Å². The number of nitrogens with zero attached hydrogens (tertiary/aromatic N) is 4. The second-order valence-electron chi connectivity index (χ2n) is 8.15. The van der Waals surface area contributed by atoms with Gasteiger partial charge in [0.1, 0.15) is 11.7 Å². The molecule has 4 saturated heterocycles. The minimum absolute atomic E-state index is 0.00490. The lowest BCUT2D eigenvalue weighted by atomic mass is 9.84. The minimum Gasteiger partial charge on any atom is -0.478 e. The van der Waals surface area contributed by atoms with E-state index in [-0.39, 0.29) is 23.9 Å². The van der Waals surface area contributed by atoms with Crippen molar-refractivity contribution in [3.63, 3.8) is 0 Å². The number of oxime groups is 1. The molecule has 16 nitrogen and oxygen atoms in total. The molecule has 6 N–H and O–H groups in total. The summed E-state index contributed by atoms with van der Waals surface area (Å²) in [4.78, 5) is 46.7. The summed E-state index contributed by atoms with van der Waals surface area (Å²) in [5, 5.41) is 19.5. The van der Waals surface area contributed by atoms with Gasteiger partial charge in [0.2, 0.25) is 5.60 Å². The number of carboxylic acid groups (broad SMARTS) is 1. The van der Waals surface area contributed by atoms with Crippen LogP contribution in [0.1, 0.15) is 19.5 Å². The molecular formula is C16H21N7O9S2. The summed E-state index contributed by atoms with van der Waals surface area (Å²) in [6.45, 7) is 2.77. The van der Waals surface area contributed by atoms with Gasteiger partial charge in [0.25, 0.3) is 5.91 Å². The summed E-state index contributed by atoms with van der Waals surface area (Å²) >= 11 is 1.000. The lowest BCUT2D eigenvalue weighted by Crippen LogP contribution is -2.96. The number of carboxylic acids is 1. The second-order valence-corrected chi connectivity index (χ2v) is 10.3. The first-order valence-electron chi connectivity index (χ1n) is 9.75. The molecule has 18 heteroatoms. The third kappa shape index (κ3) is 3.92. The summed E-state index contributed by atoms with van der Waals surface area (Å²) < 4.78 is 39.4. The Bertz CT molecular complexity index is 1180. The minimum atomic E-state index is -4.71. The summed E-state index contributed by atoms with van der Waals surface area (Å²) in [6.07, 6.45) is -1.22. The van der Waals surface area contributed by atoms with E-state index in [0.717, 1.165) is 11.3 Å². The average Bonchev–Trinajstić information content (AvgIpc) is 3.30. The summed E-state index contributed by atoms with van der Waals surface area (Å²) in [6, 6.07) is -1.43. The van der Waals surface area contributed by atoms with Gasteiger partial charge in [-0.1, -0.05) is 5.16 Å². The van der Waals surface area contributed by atoms with Crippen molar-refractivity contribution in [2.24, 2.45) is 5.16 Å². The Kier molecular flexibility index (Phi) is 5.67. The van der Waals surface area contributed by atoms with Crippen LogP contribution in [0.5, 0.6) is 0 Å². The highest BCUT2D eigenvalue weighted by Crippen LogP contribution is 2.53. The number of thiazole rings is 1. The number of amides is 3. The van der Waals surface area contributed by atoms with Crippen LogP contribution in [0.3, 0.4) is 0 Å². The lowest BCUT2D eigenvalue weighted by molar-refractivity contribution is -0.444. The molecule has 3 amide bonds. The van der Waals surface area contributed by atoms with Gasteiger partial charge < -0.3 is 35.9 Å². The SMILES string of the molecule is CC(C)(O/N=C(\C(=O)N[C@H]1C2OC1(CN1CCNC1=O)N2S(=O)(=O)O)c1csc(N)n1)C(=O)O. The van der Waals surface area contributed by atoms with E-state index in [4.69, 9.17) is 15.3 Å². The fourth-order valence-corrected chi connectivity index (χ4v) is 5.20. The Morgan fingerprint density at radius 3 is 2.74 bits per heavy atom. The first-order valence-corrected chi connectivity index (χ1v) is 12.0. The Labute approximate surface area is 196 Å². The predicted molar refractivity (Wildman–Crippen MR) is 114 cm³/mol. The second kappa shape index (κ2) is 8.01.